The van der Waals surface area contributed by atoms with Crippen molar-refractivity contribution in [1.29, 1.82) is 0 Å². The fourth-order valence-electron chi connectivity index (χ4n) is 2.46. The number of amides is 1. The van der Waals surface area contributed by atoms with Crippen LogP contribution < -0.4 is 0 Å². The van der Waals surface area contributed by atoms with Crippen LogP contribution in [0, 0.1) is 11.6 Å². The third kappa shape index (κ3) is 2.96. The van der Waals surface area contributed by atoms with E-state index < -0.39 is 23.8 Å². The lowest BCUT2D eigenvalue weighted by atomic mass is 10.0. The van der Waals surface area contributed by atoms with Gasteiger partial charge in [-0.25, -0.2) is 8.78 Å². The Hall–Kier alpha value is -1.14. The number of halogens is 2. The summed E-state index contributed by atoms with van der Waals surface area (Å²) < 4.78 is 27.2. The van der Waals surface area contributed by atoms with Crippen LogP contribution in [0.25, 0.3) is 0 Å². The number of aliphatic hydroxyl groups excluding tert-OH is 1. The Labute approximate surface area is 121 Å². The zero-order valence-corrected chi connectivity index (χ0v) is 12.2. The maximum absolute atomic E-state index is 13.9. The molecule has 3 unspecified atom stereocenters. The predicted molar refractivity (Wildman–Crippen MR) is 74.4 cm³/mol. The Balaban J connectivity index is 2.33. The van der Waals surface area contributed by atoms with Crippen molar-refractivity contribution in [3.05, 3.63) is 35.4 Å². The number of rotatable bonds is 3. The van der Waals surface area contributed by atoms with E-state index >= 15 is 0 Å². The SMILES string of the molecule is CSC(C)C(=O)N1CC(O)CC1c1cc(F)ccc1F. The minimum atomic E-state index is -0.708. The van der Waals surface area contributed by atoms with Crippen LogP contribution in [0.3, 0.4) is 0 Å². The quantitative estimate of drug-likeness (QED) is 0.931. The predicted octanol–water partition coefficient (Wildman–Crippen LogP) is 2.35. The van der Waals surface area contributed by atoms with E-state index in [2.05, 4.69) is 0 Å². The Bertz CT molecular complexity index is 512. The Morgan fingerprint density at radius 1 is 1.50 bits per heavy atom. The Morgan fingerprint density at radius 3 is 2.85 bits per heavy atom. The van der Waals surface area contributed by atoms with Crippen LogP contribution in [0.5, 0.6) is 0 Å². The highest BCUT2D eigenvalue weighted by Gasteiger charge is 2.38. The van der Waals surface area contributed by atoms with E-state index in [1.165, 1.54) is 16.7 Å². The average Bonchev–Trinajstić information content (AvgIpc) is 2.81. The fraction of sp³-hybridized carbons (Fsp3) is 0.500. The molecule has 1 saturated heterocycles. The van der Waals surface area contributed by atoms with Crippen LogP contribution in [0.4, 0.5) is 8.78 Å². The molecular weight excluding hydrogens is 284 g/mol. The van der Waals surface area contributed by atoms with Crippen molar-refractivity contribution in [2.45, 2.75) is 30.7 Å². The zero-order valence-electron chi connectivity index (χ0n) is 11.3. The monoisotopic (exact) mass is 301 g/mol. The summed E-state index contributed by atoms with van der Waals surface area (Å²) in [6.45, 7) is 1.92. The van der Waals surface area contributed by atoms with Crippen molar-refractivity contribution in [2.75, 3.05) is 12.8 Å². The first-order valence-electron chi connectivity index (χ1n) is 6.40. The summed E-state index contributed by atoms with van der Waals surface area (Å²) in [7, 11) is 0. The molecule has 1 fully saturated rings. The highest BCUT2D eigenvalue weighted by molar-refractivity contribution is 7.99. The van der Waals surface area contributed by atoms with Gasteiger partial charge >= 0.3 is 0 Å². The first-order valence-corrected chi connectivity index (χ1v) is 7.69. The summed E-state index contributed by atoms with van der Waals surface area (Å²) >= 11 is 1.38. The van der Waals surface area contributed by atoms with Crippen molar-refractivity contribution in [1.82, 2.24) is 4.90 Å². The second-order valence-corrected chi connectivity index (χ2v) is 6.12. The molecule has 0 saturated carbocycles. The largest absolute Gasteiger partial charge is 0.391 e. The number of aliphatic hydroxyl groups is 1. The van der Waals surface area contributed by atoms with Crippen LogP contribution in [0.1, 0.15) is 24.9 Å². The van der Waals surface area contributed by atoms with E-state index in [4.69, 9.17) is 0 Å². The molecule has 1 heterocycles. The van der Waals surface area contributed by atoms with Gasteiger partial charge < -0.3 is 10.0 Å². The minimum absolute atomic E-state index is 0.128. The van der Waals surface area contributed by atoms with Crippen molar-refractivity contribution in [3.63, 3.8) is 0 Å². The molecule has 2 rings (SSSR count). The van der Waals surface area contributed by atoms with Crippen LogP contribution in [0.15, 0.2) is 18.2 Å². The number of carbonyl (C=O) groups is 1. The van der Waals surface area contributed by atoms with Gasteiger partial charge in [-0.2, -0.15) is 11.8 Å². The highest BCUT2D eigenvalue weighted by Crippen LogP contribution is 2.35. The van der Waals surface area contributed by atoms with Gasteiger partial charge in [0, 0.05) is 12.1 Å². The first-order chi connectivity index (χ1) is 9.43. The molecule has 110 valence electrons. The van der Waals surface area contributed by atoms with Crippen molar-refractivity contribution < 1.29 is 18.7 Å². The molecule has 1 aliphatic rings. The standard InChI is InChI=1S/C14H17F2NO2S/c1-8(20-2)14(19)17-7-10(18)6-13(17)11-5-9(15)3-4-12(11)16/h3-5,8,10,13,18H,6-7H2,1-2H3. The second kappa shape index (κ2) is 6.10. The lowest BCUT2D eigenvalue weighted by Crippen LogP contribution is -2.37. The molecular formula is C14H17F2NO2S. The van der Waals surface area contributed by atoms with E-state index in [9.17, 15) is 18.7 Å². The van der Waals surface area contributed by atoms with E-state index in [1.54, 1.807) is 6.92 Å². The first kappa shape index (κ1) is 15.3. The molecule has 1 amide bonds. The third-order valence-corrected chi connectivity index (χ3v) is 4.49. The molecule has 1 aromatic rings. The van der Waals surface area contributed by atoms with Crippen molar-refractivity contribution >= 4 is 17.7 Å². The maximum Gasteiger partial charge on any atom is 0.235 e. The molecule has 0 aromatic heterocycles. The Kier molecular flexibility index (Phi) is 4.65. The molecule has 3 nitrogen and oxygen atoms in total. The lowest BCUT2D eigenvalue weighted by Gasteiger charge is -2.27. The number of hydrogen-bond acceptors (Lipinski definition) is 3. The average molecular weight is 301 g/mol. The van der Waals surface area contributed by atoms with E-state index in [0.717, 1.165) is 18.2 Å². The van der Waals surface area contributed by atoms with E-state index in [0.29, 0.717) is 0 Å². The number of likely N-dealkylation sites (tertiary alicyclic amines) is 1. The number of carbonyl (C=O) groups excluding carboxylic acids is 1. The summed E-state index contributed by atoms with van der Waals surface area (Å²) in [6.07, 6.45) is 1.33. The highest BCUT2D eigenvalue weighted by atomic mass is 32.2. The molecule has 6 heteroatoms. The molecule has 0 spiro atoms. The second-order valence-electron chi connectivity index (χ2n) is 4.94. The van der Waals surface area contributed by atoms with Gasteiger partial charge in [-0.3, -0.25) is 4.79 Å². The smallest absolute Gasteiger partial charge is 0.235 e. The van der Waals surface area contributed by atoms with Crippen LogP contribution in [0.2, 0.25) is 0 Å². The summed E-state index contributed by atoms with van der Waals surface area (Å²) in [6, 6.07) is 2.58. The molecule has 3 atom stereocenters. The van der Waals surface area contributed by atoms with E-state index in [-0.39, 0.29) is 29.7 Å². The number of β-amino-alcohol motifs (C(OH)–C–C–N with tert-alkyl or cyclic N) is 1. The van der Waals surface area contributed by atoms with Gasteiger partial charge in [0.1, 0.15) is 11.6 Å². The molecule has 0 radical (unpaired) electrons. The van der Waals surface area contributed by atoms with Crippen LogP contribution >= 0.6 is 11.8 Å². The van der Waals surface area contributed by atoms with Gasteiger partial charge in [-0.1, -0.05) is 0 Å². The number of thioether (sulfide) groups is 1. The van der Waals surface area contributed by atoms with Crippen molar-refractivity contribution in [3.8, 4) is 0 Å². The molecule has 1 aliphatic heterocycles. The lowest BCUT2D eigenvalue weighted by molar-refractivity contribution is -0.131. The number of nitrogens with zero attached hydrogens (tertiary/aromatic N) is 1. The molecule has 0 aliphatic carbocycles. The molecule has 20 heavy (non-hydrogen) atoms. The van der Waals surface area contributed by atoms with Crippen molar-refractivity contribution in [2.24, 2.45) is 0 Å². The van der Waals surface area contributed by atoms with Gasteiger partial charge in [0.05, 0.1) is 17.4 Å². The molecule has 0 bridgehead atoms. The van der Waals surface area contributed by atoms with Crippen LogP contribution in [-0.2, 0) is 4.79 Å². The fourth-order valence-corrected chi connectivity index (χ4v) is 2.79. The summed E-state index contributed by atoms with van der Waals surface area (Å²) in [5.41, 5.74) is 0.128. The summed E-state index contributed by atoms with van der Waals surface area (Å²) in [5, 5.41) is 9.50. The summed E-state index contributed by atoms with van der Waals surface area (Å²) in [4.78, 5) is 13.7. The van der Waals surface area contributed by atoms with Gasteiger partial charge in [0.25, 0.3) is 0 Å². The molecule has 1 N–H and O–H groups in total. The third-order valence-electron chi connectivity index (χ3n) is 3.58. The molecule has 1 aromatic carbocycles. The Morgan fingerprint density at radius 2 is 2.20 bits per heavy atom. The minimum Gasteiger partial charge on any atom is -0.391 e. The van der Waals surface area contributed by atoms with Gasteiger partial charge in [0.2, 0.25) is 5.91 Å². The van der Waals surface area contributed by atoms with Gasteiger partial charge in [-0.05, 0) is 37.8 Å². The number of benzene rings is 1. The van der Waals surface area contributed by atoms with Crippen LogP contribution in [-0.4, -0.2) is 40.1 Å². The topological polar surface area (TPSA) is 40.5 Å². The van der Waals surface area contributed by atoms with Gasteiger partial charge in [0.15, 0.2) is 0 Å². The number of hydrogen-bond donors (Lipinski definition) is 1. The van der Waals surface area contributed by atoms with E-state index in [1.807, 2.05) is 6.26 Å². The summed E-state index contributed by atoms with van der Waals surface area (Å²) in [5.74, 6) is -1.27. The normalized spacial score (nSPS) is 23.9. The van der Waals surface area contributed by atoms with Gasteiger partial charge in [-0.15, -0.1) is 0 Å². The zero-order chi connectivity index (χ0) is 14.9. The maximum atomic E-state index is 13.9.